The van der Waals surface area contributed by atoms with E-state index in [4.69, 9.17) is 9.47 Å². The third-order valence-corrected chi connectivity index (χ3v) is 5.92. The van der Waals surface area contributed by atoms with Crippen molar-refractivity contribution < 1.29 is 17.9 Å². The molecule has 1 aliphatic rings. The predicted octanol–water partition coefficient (Wildman–Crippen LogP) is 3.40. The molecule has 0 spiro atoms. The van der Waals surface area contributed by atoms with Gasteiger partial charge in [-0.25, -0.2) is 8.42 Å². The van der Waals surface area contributed by atoms with Gasteiger partial charge in [-0.05, 0) is 49.9 Å². The van der Waals surface area contributed by atoms with Gasteiger partial charge in [0.05, 0.1) is 23.7 Å². The Hall–Kier alpha value is -1.11. The van der Waals surface area contributed by atoms with Gasteiger partial charge in [0.25, 0.3) is 0 Å². The molecule has 5 nitrogen and oxygen atoms in total. The van der Waals surface area contributed by atoms with Crippen molar-refractivity contribution in [1.29, 1.82) is 0 Å². The molecule has 1 fully saturated rings. The zero-order chi connectivity index (χ0) is 17.9. The molecule has 0 amide bonds. The topological polar surface area (TPSA) is 55.8 Å². The average molecular weight is 356 g/mol. The number of hydrogen-bond acceptors (Lipinski definition) is 4. The second-order valence-electron chi connectivity index (χ2n) is 6.78. The summed E-state index contributed by atoms with van der Waals surface area (Å²) >= 11 is 0. The van der Waals surface area contributed by atoms with Crippen LogP contribution in [0.25, 0.3) is 0 Å². The minimum Gasteiger partial charge on any atom is -0.493 e. The molecule has 1 aromatic rings. The molecule has 2 rings (SSSR count). The number of nitrogens with zero attached hydrogens (tertiary/aromatic N) is 1. The molecule has 0 N–H and O–H groups in total. The van der Waals surface area contributed by atoms with Gasteiger partial charge in [0, 0.05) is 13.1 Å². The van der Waals surface area contributed by atoms with Gasteiger partial charge in [-0.1, -0.05) is 20.8 Å². The molecule has 1 aliphatic heterocycles. The van der Waals surface area contributed by atoms with E-state index in [0.717, 1.165) is 17.7 Å². The lowest BCUT2D eigenvalue weighted by molar-refractivity contribution is -0.0440. The first-order valence-corrected chi connectivity index (χ1v) is 10.1. The largest absolute Gasteiger partial charge is 0.493 e. The second-order valence-corrected chi connectivity index (χ2v) is 8.72. The highest BCUT2D eigenvalue weighted by molar-refractivity contribution is 7.89. The average Bonchev–Trinajstić information content (AvgIpc) is 2.51. The van der Waals surface area contributed by atoms with Crippen molar-refractivity contribution in [2.24, 2.45) is 0 Å². The van der Waals surface area contributed by atoms with Gasteiger partial charge in [0.1, 0.15) is 5.75 Å². The summed E-state index contributed by atoms with van der Waals surface area (Å²) in [5.41, 5.74) is 0.930. The van der Waals surface area contributed by atoms with Crippen LogP contribution in [0.5, 0.6) is 5.75 Å². The Morgan fingerprint density at radius 3 is 2.42 bits per heavy atom. The van der Waals surface area contributed by atoms with E-state index in [1.807, 2.05) is 27.7 Å². The highest BCUT2D eigenvalue weighted by Gasteiger charge is 2.32. The van der Waals surface area contributed by atoms with Gasteiger partial charge in [-0.2, -0.15) is 4.31 Å². The lowest BCUT2D eigenvalue weighted by Gasteiger charge is -2.34. The summed E-state index contributed by atoms with van der Waals surface area (Å²) in [6.07, 6.45) is 0.724. The first-order chi connectivity index (χ1) is 11.3. The normalized spacial score (nSPS) is 22.8. The van der Waals surface area contributed by atoms with Crippen LogP contribution in [0.2, 0.25) is 0 Å². The number of morpholine rings is 1. The number of ether oxygens (including phenoxy) is 2. The maximum atomic E-state index is 13.0. The standard InChI is InChI=1S/C18H29NO4S/c1-6-9-22-18-8-7-16(10-17(18)13(2)3)24(20,21)19-11-14(4)23-15(5)12-19/h7-8,10,13-15H,6,9,11-12H2,1-5H3. The van der Waals surface area contributed by atoms with Gasteiger partial charge in [-0.3, -0.25) is 0 Å². The molecule has 136 valence electrons. The molecule has 2 atom stereocenters. The van der Waals surface area contributed by atoms with Crippen LogP contribution >= 0.6 is 0 Å². The van der Waals surface area contributed by atoms with Crippen LogP contribution in [0.15, 0.2) is 23.1 Å². The predicted molar refractivity (Wildman–Crippen MR) is 95.1 cm³/mol. The van der Waals surface area contributed by atoms with E-state index in [0.29, 0.717) is 24.6 Å². The Morgan fingerprint density at radius 1 is 1.25 bits per heavy atom. The smallest absolute Gasteiger partial charge is 0.243 e. The number of rotatable bonds is 6. The van der Waals surface area contributed by atoms with Crippen molar-refractivity contribution in [3.8, 4) is 5.75 Å². The molecule has 6 heteroatoms. The third kappa shape index (κ3) is 4.29. The molecule has 0 bridgehead atoms. The van der Waals surface area contributed by atoms with Gasteiger partial charge >= 0.3 is 0 Å². The zero-order valence-corrected chi connectivity index (χ0v) is 16.1. The van der Waals surface area contributed by atoms with Crippen LogP contribution in [-0.2, 0) is 14.8 Å². The molecule has 0 radical (unpaired) electrons. The summed E-state index contributed by atoms with van der Waals surface area (Å²) in [6, 6.07) is 5.19. The fourth-order valence-electron chi connectivity index (χ4n) is 2.96. The van der Waals surface area contributed by atoms with Crippen molar-refractivity contribution in [2.45, 2.75) is 64.1 Å². The second kappa shape index (κ2) is 7.85. The van der Waals surface area contributed by atoms with Crippen LogP contribution < -0.4 is 4.74 Å². The van der Waals surface area contributed by atoms with E-state index >= 15 is 0 Å². The van der Waals surface area contributed by atoms with Crippen molar-refractivity contribution >= 4 is 10.0 Å². The molecule has 0 aromatic heterocycles. The van der Waals surface area contributed by atoms with Gasteiger partial charge in [0.2, 0.25) is 10.0 Å². The first-order valence-electron chi connectivity index (χ1n) is 8.68. The highest BCUT2D eigenvalue weighted by atomic mass is 32.2. The van der Waals surface area contributed by atoms with E-state index in [1.54, 1.807) is 18.2 Å². The maximum absolute atomic E-state index is 13.0. The monoisotopic (exact) mass is 355 g/mol. The Kier molecular flexibility index (Phi) is 6.28. The fourth-order valence-corrected chi connectivity index (χ4v) is 4.58. The molecular weight excluding hydrogens is 326 g/mol. The van der Waals surface area contributed by atoms with Crippen molar-refractivity contribution in [3.05, 3.63) is 23.8 Å². The lowest BCUT2D eigenvalue weighted by atomic mass is 10.0. The Balaban J connectivity index is 2.34. The first kappa shape index (κ1) is 19.2. The van der Waals surface area contributed by atoms with Gasteiger partial charge in [0.15, 0.2) is 0 Å². The highest BCUT2D eigenvalue weighted by Crippen LogP contribution is 2.31. The van der Waals surface area contributed by atoms with Crippen molar-refractivity contribution in [1.82, 2.24) is 4.31 Å². The van der Waals surface area contributed by atoms with Crippen molar-refractivity contribution in [3.63, 3.8) is 0 Å². The molecule has 1 aromatic carbocycles. The summed E-state index contributed by atoms with van der Waals surface area (Å²) in [6.45, 7) is 11.3. The minimum atomic E-state index is -3.52. The fraction of sp³-hybridized carbons (Fsp3) is 0.667. The maximum Gasteiger partial charge on any atom is 0.243 e. The van der Waals surface area contributed by atoms with E-state index in [2.05, 4.69) is 6.92 Å². The van der Waals surface area contributed by atoms with Crippen LogP contribution in [0.4, 0.5) is 0 Å². The summed E-state index contributed by atoms with van der Waals surface area (Å²) in [7, 11) is -3.52. The van der Waals surface area contributed by atoms with Gasteiger partial charge < -0.3 is 9.47 Å². The minimum absolute atomic E-state index is 0.0970. The number of hydrogen-bond donors (Lipinski definition) is 0. The summed E-state index contributed by atoms with van der Waals surface area (Å²) in [4.78, 5) is 0.330. The molecule has 0 aliphatic carbocycles. The Morgan fingerprint density at radius 2 is 1.88 bits per heavy atom. The van der Waals surface area contributed by atoms with Crippen LogP contribution in [0, 0.1) is 0 Å². The lowest BCUT2D eigenvalue weighted by Crippen LogP contribution is -2.48. The van der Waals surface area contributed by atoms with Crippen LogP contribution in [-0.4, -0.2) is 44.6 Å². The van der Waals surface area contributed by atoms with E-state index in [9.17, 15) is 8.42 Å². The Bertz CT molecular complexity index is 647. The molecule has 24 heavy (non-hydrogen) atoms. The quantitative estimate of drug-likeness (QED) is 0.785. The Labute approximate surface area is 146 Å². The van der Waals surface area contributed by atoms with Gasteiger partial charge in [-0.15, -0.1) is 0 Å². The van der Waals surface area contributed by atoms with Crippen molar-refractivity contribution in [2.75, 3.05) is 19.7 Å². The summed E-state index contributed by atoms with van der Waals surface area (Å²) in [5.74, 6) is 0.962. The van der Waals surface area contributed by atoms with Crippen LogP contribution in [0.1, 0.15) is 52.5 Å². The zero-order valence-electron chi connectivity index (χ0n) is 15.3. The van der Waals surface area contributed by atoms with E-state index < -0.39 is 10.0 Å². The third-order valence-electron chi connectivity index (χ3n) is 4.09. The summed E-state index contributed by atoms with van der Waals surface area (Å²) < 4.78 is 39.0. The summed E-state index contributed by atoms with van der Waals surface area (Å²) in [5, 5.41) is 0. The molecule has 0 saturated carbocycles. The molecule has 1 heterocycles. The molecule has 2 unspecified atom stereocenters. The van der Waals surface area contributed by atoms with E-state index in [1.165, 1.54) is 4.31 Å². The molecule has 1 saturated heterocycles. The van der Waals surface area contributed by atoms with E-state index in [-0.39, 0.29) is 18.1 Å². The molecular formula is C18H29NO4S. The van der Waals surface area contributed by atoms with Crippen LogP contribution in [0.3, 0.4) is 0 Å². The number of sulfonamides is 1. The SMILES string of the molecule is CCCOc1ccc(S(=O)(=O)N2CC(C)OC(C)C2)cc1C(C)C. The number of benzene rings is 1.